The lowest BCUT2D eigenvalue weighted by Crippen LogP contribution is -2.17. The fourth-order valence-electron chi connectivity index (χ4n) is 2.71. The van der Waals surface area contributed by atoms with Gasteiger partial charge in [-0.25, -0.2) is 8.42 Å². The van der Waals surface area contributed by atoms with Crippen molar-refractivity contribution in [3.8, 4) is 0 Å². The lowest BCUT2D eigenvalue weighted by atomic mass is 10.1. The van der Waals surface area contributed by atoms with Crippen molar-refractivity contribution in [3.63, 3.8) is 0 Å². The highest BCUT2D eigenvalue weighted by molar-refractivity contribution is 7.91. The monoisotopic (exact) mass is 315 g/mol. The van der Waals surface area contributed by atoms with E-state index in [0.29, 0.717) is 22.6 Å². The number of aryl methyl sites for hydroxylation is 2. The van der Waals surface area contributed by atoms with E-state index in [-0.39, 0.29) is 11.7 Å². The van der Waals surface area contributed by atoms with E-state index in [1.807, 2.05) is 25.1 Å². The van der Waals surface area contributed by atoms with E-state index in [0.717, 1.165) is 17.5 Å². The molecule has 1 aliphatic heterocycles. The molecule has 0 unspecified atom stereocenters. The summed E-state index contributed by atoms with van der Waals surface area (Å²) in [5.41, 5.74) is 3.02. The molecule has 3 rings (SSSR count). The average Bonchev–Trinajstić information content (AvgIpc) is 2.46. The van der Waals surface area contributed by atoms with Gasteiger partial charge in [-0.15, -0.1) is 0 Å². The summed E-state index contributed by atoms with van der Waals surface area (Å²) in [4.78, 5) is 12.6. The summed E-state index contributed by atoms with van der Waals surface area (Å²) in [5.74, 6) is 0.0111. The maximum absolute atomic E-state index is 12.2. The largest absolute Gasteiger partial charge is 0.322 e. The van der Waals surface area contributed by atoms with Crippen LogP contribution in [0.3, 0.4) is 0 Å². The standard InChI is InChI=1S/C17H17NO3S/c1-12-4-2-5-14(10-12)17(19)18-15-7-8-16-13(11-15)6-3-9-22(16,20)21/h2,4-5,7-8,10-11H,3,6,9H2,1H3,(H,18,19). The average molecular weight is 315 g/mol. The van der Waals surface area contributed by atoms with E-state index in [9.17, 15) is 13.2 Å². The minimum Gasteiger partial charge on any atom is -0.322 e. The number of sulfone groups is 1. The second-order valence-corrected chi connectivity index (χ2v) is 7.65. The van der Waals surface area contributed by atoms with Crippen LogP contribution in [0.5, 0.6) is 0 Å². The van der Waals surface area contributed by atoms with Crippen molar-refractivity contribution in [2.45, 2.75) is 24.7 Å². The predicted octanol–water partition coefficient (Wildman–Crippen LogP) is 2.97. The van der Waals surface area contributed by atoms with Gasteiger partial charge < -0.3 is 5.32 Å². The Bertz CT molecular complexity index is 841. The molecule has 114 valence electrons. The highest BCUT2D eigenvalue weighted by Crippen LogP contribution is 2.27. The summed E-state index contributed by atoms with van der Waals surface area (Å²) >= 11 is 0. The first-order valence-electron chi connectivity index (χ1n) is 7.19. The molecule has 1 aliphatic rings. The number of anilines is 1. The quantitative estimate of drug-likeness (QED) is 0.926. The van der Waals surface area contributed by atoms with Gasteiger partial charge in [-0.2, -0.15) is 0 Å². The Morgan fingerprint density at radius 1 is 1.14 bits per heavy atom. The maximum Gasteiger partial charge on any atom is 0.255 e. The minimum absolute atomic E-state index is 0.192. The molecule has 0 spiro atoms. The number of fused-ring (bicyclic) bond motifs is 1. The molecule has 4 nitrogen and oxygen atoms in total. The summed E-state index contributed by atoms with van der Waals surface area (Å²) in [6.07, 6.45) is 1.35. The first kappa shape index (κ1) is 14.8. The molecule has 0 aliphatic carbocycles. The topological polar surface area (TPSA) is 63.2 Å². The summed E-state index contributed by atoms with van der Waals surface area (Å²) in [6.45, 7) is 1.93. The Balaban J connectivity index is 1.86. The smallest absolute Gasteiger partial charge is 0.255 e. The molecular weight excluding hydrogens is 298 g/mol. The minimum atomic E-state index is -3.16. The Kier molecular flexibility index (Phi) is 3.74. The highest BCUT2D eigenvalue weighted by atomic mass is 32.2. The lowest BCUT2D eigenvalue weighted by Gasteiger charge is -2.17. The maximum atomic E-state index is 12.2. The van der Waals surface area contributed by atoms with Crippen LogP contribution in [-0.2, 0) is 16.3 Å². The van der Waals surface area contributed by atoms with Gasteiger partial charge in [0.05, 0.1) is 10.6 Å². The molecule has 22 heavy (non-hydrogen) atoms. The summed E-state index contributed by atoms with van der Waals surface area (Å²) in [6, 6.07) is 12.3. The molecule has 0 aromatic heterocycles. The fourth-order valence-corrected chi connectivity index (χ4v) is 4.29. The van der Waals surface area contributed by atoms with Gasteiger partial charge in [0.2, 0.25) is 0 Å². The van der Waals surface area contributed by atoms with E-state index < -0.39 is 9.84 Å². The molecule has 1 N–H and O–H groups in total. The van der Waals surface area contributed by atoms with Crippen LogP contribution in [0.4, 0.5) is 5.69 Å². The van der Waals surface area contributed by atoms with Crippen LogP contribution in [-0.4, -0.2) is 20.1 Å². The highest BCUT2D eigenvalue weighted by Gasteiger charge is 2.23. The SMILES string of the molecule is Cc1cccc(C(=O)Nc2ccc3c(c2)CCCS3(=O)=O)c1. The van der Waals surface area contributed by atoms with Crippen molar-refractivity contribution in [2.24, 2.45) is 0 Å². The van der Waals surface area contributed by atoms with Gasteiger partial charge in [0.15, 0.2) is 9.84 Å². The predicted molar refractivity (Wildman–Crippen MR) is 85.9 cm³/mol. The van der Waals surface area contributed by atoms with E-state index in [1.54, 1.807) is 24.3 Å². The zero-order chi connectivity index (χ0) is 15.7. The molecule has 2 aromatic carbocycles. The number of hydrogen-bond acceptors (Lipinski definition) is 3. The summed E-state index contributed by atoms with van der Waals surface area (Å²) in [5, 5.41) is 2.83. The van der Waals surface area contributed by atoms with Crippen molar-refractivity contribution in [3.05, 3.63) is 59.2 Å². The Morgan fingerprint density at radius 3 is 2.73 bits per heavy atom. The second kappa shape index (κ2) is 5.57. The zero-order valence-electron chi connectivity index (χ0n) is 12.3. The van der Waals surface area contributed by atoms with Gasteiger partial charge >= 0.3 is 0 Å². The first-order valence-corrected chi connectivity index (χ1v) is 8.85. The van der Waals surface area contributed by atoms with Crippen molar-refractivity contribution in [1.82, 2.24) is 0 Å². The first-order chi connectivity index (χ1) is 10.5. The van der Waals surface area contributed by atoms with Gasteiger partial charge in [0.25, 0.3) is 5.91 Å². The van der Waals surface area contributed by atoms with Crippen LogP contribution < -0.4 is 5.32 Å². The Hall–Kier alpha value is -2.14. The fraction of sp³-hybridized carbons (Fsp3) is 0.235. The molecule has 0 saturated carbocycles. The van der Waals surface area contributed by atoms with Gasteiger partial charge in [0.1, 0.15) is 0 Å². The third-order valence-corrected chi connectivity index (χ3v) is 5.69. The number of carbonyl (C=O) groups is 1. The van der Waals surface area contributed by atoms with Crippen LogP contribution in [0.2, 0.25) is 0 Å². The van der Waals surface area contributed by atoms with E-state index in [4.69, 9.17) is 0 Å². The molecule has 0 bridgehead atoms. The molecule has 0 saturated heterocycles. The second-order valence-electron chi connectivity index (χ2n) is 5.57. The normalized spacial score (nSPS) is 15.9. The van der Waals surface area contributed by atoms with Crippen molar-refractivity contribution in [2.75, 3.05) is 11.1 Å². The number of nitrogens with one attached hydrogen (secondary N) is 1. The summed E-state index contributed by atoms with van der Waals surface area (Å²) < 4.78 is 24.0. The van der Waals surface area contributed by atoms with Crippen molar-refractivity contribution in [1.29, 1.82) is 0 Å². The molecule has 0 fully saturated rings. The third kappa shape index (κ3) is 2.90. The zero-order valence-corrected chi connectivity index (χ0v) is 13.1. The third-order valence-electron chi connectivity index (χ3n) is 3.79. The summed E-state index contributed by atoms with van der Waals surface area (Å²) in [7, 11) is -3.16. The van der Waals surface area contributed by atoms with Crippen molar-refractivity contribution < 1.29 is 13.2 Å². The Labute approximate surface area is 130 Å². The van der Waals surface area contributed by atoms with Gasteiger partial charge in [-0.3, -0.25) is 4.79 Å². The lowest BCUT2D eigenvalue weighted by molar-refractivity contribution is 0.102. The molecule has 2 aromatic rings. The number of benzene rings is 2. The van der Waals surface area contributed by atoms with Gasteiger partial charge in [-0.1, -0.05) is 17.7 Å². The molecule has 1 heterocycles. The molecular formula is C17H17NO3S. The van der Waals surface area contributed by atoms with Crippen molar-refractivity contribution >= 4 is 21.4 Å². The number of amides is 1. The molecule has 5 heteroatoms. The van der Waals surface area contributed by atoms with E-state index in [1.165, 1.54) is 0 Å². The van der Waals surface area contributed by atoms with Crippen LogP contribution in [0.25, 0.3) is 0 Å². The number of rotatable bonds is 2. The number of carbonyl (C=O) groups excluding carboxylic acids is 1. The molecule has 0 radical (unpaired) electrons. The van der Waals surface area contributed by atoms with Gasteiger partial charge in [0, 0.05) is 11.3 Å². The van der Waals surface area contributed by atoms with Crippen LogP contribution >= 0.6 is 0 Å². The van der Waals surface area contributed by atoms with Crippen LogP contribution in [0.1, 0.15) is 27.9 Å². The Morgan fingerprint density at radius 2 is 1.95 bits per heavy atom. The molecule has 0 atom stereocenters. The van der Waals surface area contributed by atoms with E-state index >= 15 is 0 Å². The van der Waals surface area contributed by atoms with Crippen LogP contribution in [0, 0.1) is 6.92 Å². The molecule has 1 amide bonds. The van der Waals surface area contributed by atoms with E-state index in [2.05, 4.69) is 5.32 Å². The number of hydrogen-bond donors (Lipinski definition) is 1. The van der Waals surface area contributed by atoms with Crippen LogP contribution in [0.15, 0.2) is 47.4 Å². The van der Waals surface area contributed by atoms with Gasteiger partial charge in [-0.05, 0) is 55.7 Å².